The Morgan fingerprint density at radius 2 is 1.74 bits per heavy atom. The molecule has 3 N–H and O–H groups in total. The highest BCUT2D eigenvalue weighted by molar-refractivity contribution is 4.98. The van der Waals surface area contributed by atoms with Gasteiger partial charge in [0, 0.05) is 11.6 Å². The van der Waals surface area contributed by atoms with Gasteiger partial charge in [0.05, 0.1) is 0 Å². The van der Waals surface area contributed by atoms with Crippen LogP contribution in [0, 0.1) is 11.8 Å². The zero-order valence-electron chi connectivity index (χ0n) is 13.1. The number of nitrogens with zero attached hydrogens (tertiary/aromatic N) is 1. The van der Waals surface area contributed by atoms with Gasteiger partial charge in [0.25, 0.3) is 0 Å². The molecule has 2 aliphatic rings. The Bertz CT molecular complexity index is 263. The molecule has 1 saturated carbocycles. The van der Waals surface area contributed by atoms with Crippen LogP contribution in [0.15, 0.2) is 0 Å². The molecule has 2 rings (SSSR count). The third-order valence-corrected chi connectivity index (χ3v) is 5.80. The molecule has 0 aromatic heterocycles. The molecule has 2 fully saturated rings. The Morgan fingerprint density at radius 1 is 1.16 bits per heavy atom. The van der Waals surface area contributed by atoms with Gasteiger partial charge < -0.3 is 0 Å². The van der Waals surface area contributed by atoms with E-state index in [0.717, 1.165) is 11.8 Å². The minimum atomic E-state index is 0.189. The molecule has 1 aliphatic heterocycles. The van der Waals surface area contributed by atoms with E-state index in [-0.39, 0.29) is 5.54 Å². The quantitative estimate of drug-likeness (QED) is 0.594. The van der Waals surface area contributed by atoms with Crippen molar-refractivity contribution >= 4 is 0 Å². The Morgan fingerprint density at radius 3 is 2.21 bits per heavy atom. The fraction of sp³-hybridized carbons (Fsp3) is 1.00. The molecule has 1 aliphatic carbocycles. The van der Waals surface area contributed by atoms with Gasteiger partial charge in [-0.25, -0.2) is 0 Å². The molecule has 0 amide bonds. The second kappa shape index (κ2) is 6.55. The summed E-state index contributed by atoms with van der Waals surface area (Å²) in [5.74, 6) is 7.66. The summed E-state index contributed by atoms with van der Waals surface area (Å²) in [7, 11) is 0. The Kier molecular flexibility index (Phi) is 5.27. The van der Waals surface area contributed by atoms with E-state index in [1.54, 1.807) is 0 Å². The van der Waals surface area contributed by atoms with E-state index in [2.05, 4.69) is 31.1 Å². The lowest BCUT2D eigenvalue weighted by Gasteiger charge is -2.47. The fourth-order valence-electron chi connectivity index (χ4n) is 4.34. The second-order valence-electron chi connectivity index (χ2n) is 7.18. The second-order valence-corrected chi connectivity index (χ2v) is 7.18. The lowest BCUT2D eigenvalue weighted by Crippen LogP contribution is -2.61. The SMILES string of the molecule is CCC1CCC(C(NN)C(C)(C)N2CCCC2)CC1. The molecule has 0 aromatic rings. The van der Waals surface area contributed by atoms with Crippen LogP contribution in [0.25, 0.3) is 0 Å². The lowest BCUT2D eigenvalue weighted by molar-refractivity contribution is 0.0594. The molecule has 0 aromatic carbocycles. The van der Waals surface area contributed by atoms with Crippen LogP contribution < -0.4 is 11.3 Å². The van der Waals surface area contributed by atoms with Crippen LogP contribution in [-0.4, -0.2) is 29.6 Å². The summed E-state index contributed by atoms with van der Waals surface area (Å²) in [6.07, 6.45) is 9.55. The van der Waals surface area contributed by atoms with Crippen molar-refractivity contribution in [2.45, 2.75) is 77.3 Å². The van der Waals surface area contributed by atoms with Crippen molar-refractivity contribution < 1.29 is 0 Å². The monoisotopic (exact) mass is 267 g/mol. The molecule has 1 atom stereocenters. The maximum absolute atomic E-state index is 5.95. The summed E-state index contributed by atoms with van der Waals surface area (Å²) in [5.41, 5.74) is 3.37. The van der Waals surface area contributed by atoms with Crippen LogP contribution in [0.2, 0.25) is 0 Å². The predicted octanol–water partition coefficient (Wildman–Crippen LogP) is 2.91. The maximum Gasteiger partial charge on any atom is 0.0417 e. The topological polar surface area (TPSA) is 41.3 Å². The van der Waals surface area contributed by atoms with Gasteiger partial charge in [-0.15, -0.1) is 0 Å². The largest absolute Gasteiger partial charge is 0.297 e. The summed E-state index contributed by atoms with van der Waals surface area (Å²) in [5, 5.41) is 0. The van der Waals surface area contributed by atoms with Crippen molar-refractivity contribution in [2.75, 3.05) is 13.1 Å². The van der Waals surface area contributed by atoms with Gasteiger partial charge in [-0.2, -0.15) is 0 Å². The number of hydrazine groups is 1. The highest BCUT2D eigenvalue weighted by atomic mass is 15.3. The zero-order chi connectivity index (χ0) is 13.9. The van der Waals surface area contributed by atoms with Crippen molar-refractivity contribution in [1.29, 1.82) is 0 Å². The van der Waals surface area contributed by atoms with Crippen LogP contribution in [0.1, 0.15) is 65.7 Å². The van der Waals surface area contributed by atoms with Crippen LogP contribution in [0.4, 0.5) is 0 Å². The molecule has 3 nitrogen and oxygen atoms in total. The summed E-state index contributed by atoms with van der Waals surface area (Å²) < 4.78 is 0. The Labute approximate surface area is 119 Å². The average Bonchev–Trinajstić information content (AvgIpc) is 2.95. The van der Waals surface area contributed by atoms with E-state index < -0.39 is 0 Å². The van der Waals surface area contributed by atoms with E-state index in [1.807, 2.05) is 0 Å². The molecule has 112 valence electrons. The summed E-state index contributed by atoms with van der Waals surface area (Å²) in [6.45, 7) is 9.59. The predicted molar refractivity (Wildman–Crippen MR) is 81.7 cm³/mol. The molecule has 1 heterocycles. The molecule has 3 heteroatoms. The molecular weight excluding hydrogens is 234 g/mol. The summed E-state index contributed by atoms with van der Waals surface area (Å²) in [6, 6.07) is 0.434. The minimum Gasteiger partial charge on any atom is -0.297 e. The highest BCUT2D eigenvalue weighted by Crippen LogP contribution is 2.37. The molecule has 19 heavy (non-hydrogen) atoms. The first kappa shape index (κ1) is 15.3. The smallest absolute Gasteiger partial charge is 0.0417 e. The lowest BCUT2D eigenvalue weighted by atomic mass is 9.72. The molecule has 1 saturated heterocycles. The number of nitrogens with one attached hydrogen (secondary N) is 1. The van der Waals surface area contributed by atoms with Gasteiger partial charge in [0.2, 0.25) is 0 Å². The minimum absolute atomic E-state index is 0.189. The van der Waals surface area contributed by atoms with E-state index in [4.69, 9.17) is 5.84 Å². The average molecular weight is 267 g/mol. The fourth-order valence-corrected chi connectivity index (χ4v) is 4.34. The van der Waals surface area contributed by atoms with Crippen molar-refractivity contribution in [3.63, 3.8) is 0 Å². The number of rotatable bonds is 5. The van der Waals surface area contributed by atoms with E-state index >= 15 is 0 Å². The standard InChI is InChI=1S/C16H33N3/c1-4-13-7-9-14(10-8-13)15(18-17)16(2,3)19-11-5-6-12-19/h13-15,18H,4-12,17H2,1-3H3. The van der Waals surface area contributed by atoms with Crippen LogP contribution in [0.5, 0.6) is 0 Å². The van der Waals surface area contributed by atoms with Gasteiger partial charge in [-0.3, -0.25) is 16.2 Å². The molecule has 0 spiro atoms. The summed E-state index contributed by atoms with van der Waals surface area (Å²) in [4.78, 5) is 2.64. The number of likely N-dealkylation sites (tertiary alicyclic amines) is 1. The molecule has 0 radical (unpaired) electrons. The summed E-state index contributed by atoms with van der Waals surface area (Å²) >= 11 is 0. The van der Waals surface area contributed by atoms with Gasteiger partial charge >= 0.3 is 0 Å². The van der Waals surface area contributed by atoms with Crippen molar-refractivity contribution in [1.82, 2.24) is 10.3 Å². The first-order valence-corrected chi connectivity index (χ1v) is 8.30. The van der Waals surface area contributed by atoms with E-state index in [1.165, 1.54) is 58.0 Å². The van der Waals surface area contributed by atoms with Crippen LogP contribution in [0.3, 0.4) is 0 Å². The normalized spacial score (nSPS) is 31.6. The Balaban J connectivity index is 1.98. The van der Waals surface area contributed by atoms with Crippen LogP contribution in [-0.2, 0) is 0 Å². The molecule has 0 bridgehead atoms. The van der Waals surface area contributed by atoms with Gasteiger partial charge in [0.1, 0.15) is 0 Å². The van der Waals surface area contributed by atoms with E-state index in [9.17, 15) is 0 Å². The number of hydrogen-bond acceptors (Lipinski definition) is 3. The first-order chi connectivity index (χ1) is 9.09. The van der Waals surface area contributed by atoms with Crippen molar-refractivity contribution in [2.24, 2.45) is 17.7 Å². The van der Waals surface area contributed by atoms with Gasteiger partial charge in [-0.1, -0.05) is 26.2 Å². The zero-order valence-corrected chi connectivity index (χ0v) is 13.1. The molecular formula is C16H33N3. The third kappa shape index (κ3) is 3.32. The van der Waals surface area contributed by atoms with Gasteiger partial charge in [-0.05, 0) is 64.5 Å². The first-order valence-electron chi connectivity index (χ1n) is 8.30. The third-order valence-electron chi connectivity index (χ3n) is 5.80. The molecule has 1 unspecified atom stereocenters. The van der Waals surface area contributed by atoms with Gasteiger partial charge in [0.15, 0.2) is 0 Å². The highest BCUT2D eigenvalue weighted by Gasteiger charge is 2.41. The van der Waals surface area contributed by atoms with E-state index in [0.29, 0.717) is 6.04 Å². The number of hydrogen-bond donors (Lipinski definition) is 2. The Hall–Kier alpha value is -0.120. The number of nitrogens with two attached hydrogens (primary N) is 1. The van der Waals surface area contributed by atoms with Crippen LogP contribution >= 0.6 is 0 Å². The maximum atomic E-state index is 5.95. The van der Waals surface area contributed by atoms with Crippen molar-refractivity contribution in [3.8, 4) is 0 Å². The van der Waals surface area contributed by atoms with Crippen molar-refractivity contribution in [3.05, 3.63) is 0 Å².